The molecule has 2 bridgehead atoms. The Labute approximate surface area is 110 Å². The van der Waals surface area contributed by atoms with Gasteiger partial charge in [0.2, 0.25) is 0 Å². The normalized spacial score (nSPS) is 31.0. The quantitative estimate of drug-likeness (QED) is 0.419. The molecule has 2 aliphatic rings. The molecule has 18 heavy (non-hydrogen) atoms. The first-order valence-electron chi connectivity index (χ1n) is 6.53. The monoisotopic (exact) mass is 269 g/mol. The topological polar surface area (TPSA) is 44.8 Å². The third kappa shape index (κ3) is 2.68. The summed E-state index contributed by atoms with van der Waals surface area (Å²) in [6, 6.07) is 0. The van der Waals surface area contributed by atoms with Gasteiger partial charge in [0, 0.05) is 14.2 Å². The molecular formula is C13H21O4Si. The first-order valence-corrected chi connectivity index (χ1v) is 7.92. The van der Waals surface area contributed by atoms with Crippen LogP contribution >= 0.6 is 0 Å². The van der Waals surface area contributed by atoms with Crippen LogP contribution in [-0.2, 0) is 18.4 Å². The fraction of sp³-hybridized carbons (Fsp3) is 0.769. The number of esters is 1. The molecule has 4 nitrogen and oxygen atoms in total. The average molecular weight is 269 g/mol. The van der Waals surface area contributed by atoms with Gasteiger partial charge in [0.15, 0.2) is 0 Å². The number of hydrogen-bond donors (Lipinski definition) is 0. The van der Waals surface area contributed by atoms with E-state index < -0.39 is 9.28 Å². The molecule has 1 radical (unpaired) electrons. The van der Waals surface area contributed by atoms with E-state index in [1.807, 2.05) is 6.92 Å². The lowest BCUT2D eigenvalue weighted by atomic mass is 9.94. The van der Waals surface area contributed by atoms with Gasteiger partial charge in [0.25, 0.3) is 0 Å². The standard InChI is InChI=1S/C13H21O4Si/c1-4-12(18(15-2)16-3)17-13(14)11-8-9-5-6-10(11)7-9/h5-6,9-12H,4,7-8H2,1-3H3. The Hall–Kier alpha value is -0.653. The third-order valence-electron chi connectivity index (χ3n) is 3.88. The second-order valence-electron chi connectivity index (χ2n) is 4.95. The molecule has 0 spiro atoms. The van der Waals surface area contributed by atoms with Gasteiger partial charge in [-0.25, -0.2) is 0 Å². The molecule has 0 aromatic carbocycles. The van der Waals surface area contributed by atoms with E-state index in [0.29, 0.717) is 11.8 Å². The molecule has 4 atom stereocenters. The van der Waals surface area contributed by atoms with Crippen molar-refractivity contribution in [3.05, 3.63) is 12.2 Å². The summed E-state index contributed by atoms with van der Waals surface area (Å²) < 4.78 is 16.1. The second kappa shape index (κ2) is 5.99. The second-order valence-corrected chi connectivity index (χ2v) is 7.05. The lowest BCUT2D eigenvalue weighted by Gasteiger charge is -2.24. The van der Waals surface area contributed by atoms with Gasteiger partial charge in [-0.3, -0.25) is 4.79 Å². The molecule has 0 amide bonds. The number of fused-ring (bicyclic) bond motifs is 2. The van der Waals surface area contributed by atoms with Gasteiger partial charge in [-0.2, -0.15) is 0 Å². The smallest absolute Gasteiger partial charge is 0.429 e. The van der Waals surface area contributed by atoms with Gasteiger partial charge in [-0.15, -0.1) is 0 Å². The molecule has 101 valence electrons. The minimum atomic E-state index is -1.51. The SMILES string of the molecule is CCC(OC(=O)C1CC2C=CC1C2)[Si](OC)OC. The largest absolute Gasteiger partial charge is 0.460 e. The Morgan fingerprint density at radius 3 is 2.50 bits per heavy atom. The maximum Gasteiger partial charge on any atom is 0.429 e. The van der Waals surface area contributed by atoms with Crippen molar-refractivity contribution in [2.24, 2.45) is 17.8 Å². The summed E-state index contributed by atoms with van der Waals surface area (Å²) in [7, 11) is 1.70. The highest BCUT2D eigenvalue weighted by Gasteiger charge is 2.42. The zero-order valence-electron chi connectivity index (χ0n) is 11.2. The van der Waals surface area contributed by atoms with E-state index in [-0.39, 0.29) is 17.6 Å². The first-order chi connectivity index (χ1) is 8.69. The van der Waals surface area contributed by atoms with Crippen molar-refractivity contribution in [1.82, 2.24) is 0 Å². The number of rotatable bonds is 6. The van der Waals surface area contributed by atoms with Crippen molar-refractivity contribution in [2.75, 3.05) is 14.2 Å². The van der Waals surface area contributed by atoms with Crippen LogP contribution < -0.4 is 0 Å². The van der Waals surface area contributed by atoms with Crippen molar-refractivity contribution >= 4 is 15.3 Å². The maximum absolute atomic E-state index is 12.2. The molecule has 5 heteroatoms. The van der Waals surface area contributed by atoms with Gasteiger partial charge >= 0.3 is 15.3 Å². The molecule has 2 aliphatic carbocycles. The van der Waals surface area contributed by atoms with E-state index in [2.05, 4.69) is 12.2 Å². The molecule has 0 aromatic rings. The molecule has 0 aromatic heterocycles. The molecule has 0 N–H and O–H groups in total. The number of ether oxygens (including phenoxy) is 1. The summed E-state index contributed by atoms with van der Waals surface area (Å²) in [4.78, 5) is 12.2. The predicted molar refractivity (Wildman–Crippen MR) is 68.8 cm³/mol. The molecule has 0 saturated heterocycles. The predicted octanol–water partition coefficient (Wildman–Crippen LogP) is 1.84. The molecule has 1 fully saturated rings. The number of hydrogen-bond acceptors (Lipinski definition) is 4. The van der Waals surface area contributed by atoms with E-state index in [9.17, 15) is 4.79 Å². The Bertz CT molecular complexity index is 327. The van der Waals surface area contributed by atoms with Gasteiger partial charge in [0.1, 0.15) is 5.73 Å². The lowest BCUT2D eigenvalue weighted by molar-refractivity contribution is -0.152. The van der Waals surface area contributed by atoms with Crippen LogP contribution in [0.2, 0.25) is 0 Å². The Morgan fingerprint density at radius 2 is 2.06 bits per heavy atom. The van der Waals surface area contributed by atoms with E-state index in [0.717, 1.165) is 19.3 Å². The summed E-state index contributed by atoms with van der Waals surface area (Å²) in [6.07, 6.45) is 7.19. The minimum Gasteiger partial charge on any atom is -0.460 e. The van der Waals surface area contributed by atoms with Gasteiger partial charge < -0.3 is 13.6 Å². The zero-order valence-corrected chi connectivity index (χ0v) is 12.2. The highest BCUT2D eigenvalue weighted by Crippen LogP contribution is 2.44. The molecule has 4 unspecified atom stereocenters. The Kier molecular flexibility index (Phi) is 4.58. The Morgan fingerprint density at radius 1 is 1.33 bits per heavy atom. The van der Waals surface area contributed by atoms with Crippen LogP contribution in [0.3, 0.4) is 0 Å². The van der Waals surface area contributed by atoms with Crippen molar-refractivity contribution in [3.8, 4) is 0 Å². The van der Waals surface area contributed by atoms with Gasteiger partial charge in [0.05, 0.1) is 5.92 Å². The zero-order chi connectivity index (χ0) is 13.1. The van der Waals surface area contributed by atoms with E-state index in [1.54, 1.807) is 14.2 Å². The van der Waals surface area contributed by atoms with Crippen molar-refractivity contribution in [3.63, 3.8) is 0 Å². The van der Waals surface area contributed by atoms with E-state index in [4.69, 9.17) is 13.6 Å². The molecule has 1 saturated carbocycles. The highest BCUT2D eigenvalue weighted by molar-refractivity contribution is 6.46. The fourth-order valence-electron chi connectivity index (χ4n) is 2.92. The van der Waals surface area contributed by atoms with Crippen molar-refractivity contribution < 1.29 is 18.4 Å². The van der Waals surface area contributed by atoms with Crippen LogP contribution in [0.15, 0.2) is 12.2 Å². The van der Waals surface area contributed by atoms with Crippen LogP contribution in [0.4, 0.5) is 0 Å². The average Bonchev–Trinajstić information content (AvgIpc) is 3.00. The summed E-state index contributed by atoms with van der Waals surface area (Å²) >= 11 is 0. The number of allylic oxidation sites excluding steroid dienone is 2. The summed E-state index contributed by atoms with van der Waals surface area (Å²) in [5.74, 6) is 0.948. The van der Waals surface area contributed by atoms with E-state index >= 15 is 0 Å². The highest BCUT2D eigenvalue weighted by atomic mass is 28.3. The summed E-state index contributed by atoms with van der Waals surface area (Å²) in [6.45, 7) is 1.99. The van der Waals surface area contributed by atoms with Crippen LogP contribution in [-0.4, -0.2) is 35.2 Å². The summed E-state index contributed by atoms with van der Waals surface area (Å²) in [5, 5.41) is 0. The van der Waals surface area contributed by atoms with Crippen molar-refractivity contribution in [1.29, 1.82) is 0 Å². The molecule has 0 aliphatic heterocycles. The van der Waals surface area contributed by atoms with Crippen molar-refractivity contribution in [2.45, 2.75) is 31.9 Å². The maximum atomic E-state index is 12.2. The summed E-state index contributed by atoms with van der Waals surface area (Å²) in [5.41, 5.74) is -0.222. The van der Waals surface area contributed by atoms with Crippen LogP contribution in [0.1, 0.15) is 26.2 Å². The Balaban J connectivity index is 1.91. The fourth-order valence-corrected chi connectivity index (χ4v) is 4.16. The minimum absolute atomic E-state index is 0.0472. The van der Waals surface area contributed by atoms with Gasteiger partial charge in [-0.1, -0.05) is 19.1 Å². The van der Waals surface area contributed by atoms with Crippen LogP contribution in [0.25, 0.3) is 0 Å². The van der Waals surface area contributed by atoms with Gasteiger partial charge in [-0.05, 0) is 31.1 Å². The van der Waals surface area contributed by atoms with Crippen LogP contribution in [0, 0.1) is 17.8 Å². The van der Waals surface area contributed by atoms with Crippen LogP contribution in [0.5, 0.6) is 0 Å². The molecule has 2 rings (SSSR count). The first kappa shape index (κ1) is 13.8. The molecular weight excluding hydrogens is 248 g/mol. The number of carbonyl (C=O) groups excluding carboxylic acids is 1. The third-order valence-corrected chi connectivity index (χ3v) is 5.73. The molecule has 0 heterocycles. The lowest BCUT2D eigenvalue weighted by Crippen LogP contribution is -2.40. The number of carbonyl (C=O) groups is 1. The van der Waals surface area contributed by atoms with E-state index in [1.165, 1.54) is 0 Å².